The Bertz CT molecular complexity index is 810. The Morgan fingerprint density at radius 2 is 1.14 bits per heavy atom. The average molecular weight is 497 g/mol. The lowest BCUT2D eigenvalue weighted by atomic mass is 9.99. The number of carbonyl (C=O) groups is 7. The van der Waals surface area contributed by atoms with Crippen molar-refractivity contribution >= 4 is 40.9 Å². The second kappa shape index (κ2) is 15.9. The van der Waals surface area contributed by atoms with E-state index < -0.39 is 41.9 Å². The van der Waals surface area contributed by atoms with E-state index >= 15 is 0 Å². The van der Waals surface area contributed by atoms with Gasteiger partial charge in [-0.1, -0.05) is 20.8 Å². The number of nitrogens with one attached hydrogen (secondary N) is 4. The minimum atomic E-state index is -1.13. The molecule has 0 saturated heterocycles. The maximum absolute atomic E-state index is 13.1. The standard InChI is InChI=1S/C24H40N4O7/c1-8-20(32)18(11-15(5)30)27-24(35)21(13(2)3)28-22(33)17(10-9-14(4)29)26-23(34)19(25-7)12-16(6)31/h13,17-19,21,25H,8-12H2,1-7H3,(H,26,34)(H,27,35)(H,28,33)/t17-,18-,19-,21-/m0/s1. The molecule has 0 radical (unpaired) electrons. The summed E-state index contributed by atoms with van der Waals surface area (Å²) in [5.74, 6) is -3.28. The summed E-state index contributed by atoms with van der Waals surface area (Å²) in [6.07, 6.45) is -0.0982. The average Bonchev–Trinajstić information content (AvgIpc) is 2.76. The van der Waals surface area contributed by atoms with Gasteiger partial charge in [-0.2, -0.15) is 0 Å². The lowest BCUT2D eigenvalue weighted by Crippen LogP contribution is -2.58. The van der Waals surface area contributed by atoms with E-state index in [1.165, 1.54) is 27.8 Å². The first-order chi connectivity index (χ1) is 16.2. The Morgan fingerprint density at radius 1 is 0.657 bits per heavy atom. The molecule has 198 valence electrons. The van der Waals surface area contributed by atoms with E-state index in [4.69, 9.17) is 0 Å². The maximum Gasteiger partial charge on any atom is 0.243 e. The SMILES string of the molecule is CCC(=O)[C@H](CC(C)=O)NC(=O)[C@@H](NC(=O)[C@H](CCC(C)=O)NC(=O)[C@H](CC(C)=O)NC)C(C)C. The third-order valence-electron chi connectivity index (χ3n) is 5.37. The number of ketones is 4. The van der Waals surface area contributed by atoms with Gasteiger partial charge in [0.15, 0.2) is 5.78 Å². The number of likely N-dealkylation sites (N-methyl/N-ethyl adjacent to an activating group) is 1. The summed E-state index contributed by atoms with van der Waals surface area (Å²) < 4.78 is 0. The molecule has 0 aliphatic heterocycles. The highest BCUT2D eigenvalue weighted by Gasteiger charge is 2.32. The molecule has 0 heterocycles. The van der Waals surface area contributed by atoms with Crippen LogP contribution in [0.15, 0.2) is 0 Å². The molecule has 0 unspecified atom stereocenters. The van der Waals surface area contributed by atoms with Gasteiger partial charge in [0.25, 0.3) is 0 Å². The van der Waals surface area contributed by atoms with Crippen LogP contribution in [0.2, 0.25) is 0 Å². The zero-order valence-corrected chi connectivity index (χ0v) is 21.8. The Balaban J connectivity index is 5.66. The lowest BCUT2D eigenvalue weighted by Gasteiger charge is -2.27. The summed E-state index contributed by atoms with van der Waals surface area (Å²) in [5, 5.41) is 10.4. The molecule has 0 aliphatic carbocycles. The molecule has 0 aromatic heterocycles. The van der Waals surface area contributed by atoms with Crippen molar-refractivity contribution in [1.82, 2.24) is 21.3 Å². The van der Waals surface area contributed by atoms with E-state index in [0.717, 1.165) is 0 Å². The van der Waals surface area contributed by atoms with Crippen LogP contribution in [0.3, 0.4) is 0 Å². The second-order valence-electron chi connectivity index (χ2n) is 9.07. The number of hydrogen-bond acceptors (Lipinski definition) is 8. The van der Waals surface area contributed by atoms with Crippen LogP contribution in [0.5, 0.6) is 0 Å². The van der Waals surface area contributed by atoms with Crippen LogP contribution in [0.25, 0.3) is 0 Å². The predicted octanol–water partition coefficient (Wildman–Crippen LogP) is -0.00870. The van der Waals surface area contributed by atoms with Crippen molar-refractivity contribution in [1.29, 1.82) is 0 Å². The molecule has 0 aromatic rings. The van der Waals surface area contributed by atoms with Crippen molar-refractivity contribution in [3.63, 3.8) is 0 Å². The van der Waals surface area contributed by atoms with Crippen molar-refractivity contribution in [2.24, 2.45) is 5.92 Å². The number of rotatable bonds is 17. The minimum absolute atomic E-state index is 0.00285. The van der Waals surface area contributed by atoms with E-state index in [-0.39, 0.29) is 61.2 Å². The van der Waals surface area contributed by atoms with E-state index in [1.54, 1.807) is 20.8 Å². The molecule has 11 heteroatoms. The molecule has 11 nitrogen and oxygen atoms in total. The molecule has 0 aromatic carbocycles. The van der Waals surface area contributed by atoms with Crippen LogP contribution in [0.4, 0.5) is 0 Å². The Hall–Kier alpha value is -2.95. The van der Waals surface area contributed by atoms with E-state index in [9.17, 15) is 33.6 Å². The van der Waals surface area contributed by atoms with Crippen molar-refractivity contribution in [3.8, 4) is 0 Å². The van der Waals surface area contributed by atoms with Crippen LogP contribution in [0, 0.1) is 5.92 Å². The number of carbonyl (C=O) groups excluding carboxylic acids is 7. The minimum Gasteiger partial charge on any atom is -0.344 e. The van der Waals surface area contributed by atoms with Crippen LogP contribution in [0.1, 0.15) is 73.6 Å². The molecule has 35 heavy (non-hydrogen) atoms. The van der Waals surface area contributed by atoms with Gasteiger partial charge < -0.3 is 26.1 Å². The fourth-order valence-electron chi connectivity index (χ4n) is 3.33. The molecular weight excluding hydrogens is 456 g/mol. The highest BCUT2D eigenvalue weighted by Crippen LogP contribution is 2.08. The predicted molar refractivity (Wildman–Crippen MR) is 129 cm³/mol. The van der Waals surface area contributed by atoms with Gasteiger partial charge >= 0.3 is 0 Å². The lowest BCUT2D eigenvalue weighted by molar-refractivity contribution is -0.135. The smallest absolute Gasteiger partial charge is 0.243 e. The summed E-state index contributed by atoms with van der Waals surface area (Å²) in [4.78, 5) is 85.3. The fraction of sp³-hybridized carbons (Fsp3) is 0.708. The van der Waals surface area contributed by atoms with Crippen LogP contribution >= 0.6 is 0 Å². The molecular formula is C24H40N4O7. The quantitative estimate of drug-likeness (QED) is 0.218. The summed E-state index contributed by atoms with van der Waals surface area (Å²) in [7, 11) is 1.51. The Labute approximate surface area is 206 Å². The number of hydrogen-bond donors (Lipinski definition) is 4. The van der Waals surface area contributed by atoms with Crippen molar-refractivity contribution < 1.29 is 33.6 Å². The van der Waals surface area contributed by atoms with Gasteiger partial charge in [0, 0.05) is 25.7 Å². The molecule has 0 saturated carbocycles. The van der Waals surface area contributed by atoms with E-state index in [1.807, 2.05) is 0 Å². The first-order valence-electron chi connectivity index (χ1n) is 11.8. The molecule has 0 fully saturated rings. The van der Waals surface area contributed by atoms with Crippen molar-refractivity contribution in [2.45, 2.75) is 97.8 Å². The number of amides is 3. The molecule has 4 N–H and O–H groups in total. The van der Waals surface area contributed by atoms with Gasteiger partial charge in [-0.25, -0.2) is 0 Å². The third-order valence-corrected chi connectivity index (χ3v) is 5.37. The third kappa shape index (κ3) is 12.4. The second-order valence-corrected chi connectivity index (χ2v) is 9.07. The van der Waals surface area contributed by atoms with E-state index in [2.05, 4.69) is 21.3 Å². The highest BCUT2D eigenvalue weighted by molar-refractivity contribution is 5.97. The van der Waals surface area contributed by atoms with Gasteiger partial charge in [0.1, 0.15) is 29.4 Å². The fourth-order valence-corrected chi connectivity index (χ4v) is 3.33. The van der Waals surface area contributed by atoms with Crippen LogP contribution in [-0.4, -0.2) is 72.1 Å². The zero-order valence-electron chi connectivity index (χ0n) is 21.8. The molecule has 3 amide bonds. The van der Waals surface area contributed by atoms with Crippen molar-refractivity contribution in [2.75, 3.05) is 7.05 Å². The van der Waals surface area contributed by atoms with Gasteiger partial charge in [-0.3, -0.25) is 28.8 Å². The van der Waals surface area contributed by atoms with Crippen LogP contribution in [-0.2, 0) is 33.6 Å². The molecule has 0 aliphatic rings. The monoisotopic (exact) mass is 496 g/mol. The summed E-state index contributed by atoms with van der Waals surface area (Å²) >= 11 is 0. The normalized spacial score (nSPS) is 14.3. The van der Waals surface area contributed by atoms with Crippen LogP contribution < -0.4 is 21.3 Å². The number of Topliss-reactive ketones (excluding diaryl/α,β-unsaturated/α-hetero) is 4. The van der Waals surface area contributed by atoms with Crippen molar-refractivity contribution in [3.05, 3.63) is 0 Å². The Kier molecular flexibility index (Phi) is 14.5. The van der Waals surface area contributed by atoms with Gasteiger partial charge in [0.2, 0.25) is 17.7 Å². The largest absolute Gasteiger partial charge is 0.344 e. The zero-order chi connectivity index (χ0) is 27.3. The summed E-state index contributed by atoms with van der Waals surface area (Å²) in [6.45, 7) is 9.02. The van der Waals surface area contributed by atoms with Gasteiger partial charge in [0.05, 0.1) is 12.1 Å². The van der Waals surface area contributed by atoms with Gasteiger partial charge in [-0.05, 0) is 40.2 Å². The topological polar surface area (TPSA) is 168 Å². The molecule has 0 rings (SSSR count). The Morgan fingerprint density at radius 3 is 1.57 bits per heavy atom. The maximum atomic E-state index is 13.1. The highest BCUT2D eigenvalue weighted by atomic mass is 16.2. The molecule has 0 spiro atoms. The summed E-state index contributed by atoms with van der Waals surface area (Å²) in [6, 6.07) is -4.06. The van der Waals surface area contributed by atoms with E-state index in [0.29, 0.717) is 0 Å². The molecule has 4 atom stereocenters. The van der Waals surface area contributed by atoms with Gasteiger partial charge in [-0.15, -0.1) is 0 Å². The first-order valence-corrected chi connectivity index (χ1v) is 11.8. The summed E-state index contributed by atoms with van der Waals surface area (Å²) in [5.41, 5.74) is 0. The molecule has 0 bridgehead atoms. The first kappa shape index (κ1) is 32.0.